The van der Waals surface area contributed by atoms with E-state index in [1.54, 1.807) is 11.1 Å². The number of benzene rings is 1. The second-order valence-electron chi connectivity index (χ2n) is 5.93. The summed E-state index contributed by atoms with van der Waals surface area (Å²) in [6.45, 7) is 9.27. The summed E-state index contributed by atoms with van der Waals surface area (Å²) < 4.78 is 0. The molecule has 1 aromatic rings. The number of hydrogen-bond donors (Lipinski definition) is 0. The van der Waals surface area contributed by atoms with E-state index < -0.39 is 0 Å². The Labute approximate surface area is 100 Å². The van der Waals surface area contributed by atoms with Crippen LogP contribution in [-0.4, -0.2) is 0 Å². The van der Waals surface area contributed by atoms with Crippen LogP contribution >= 0.6 is 0 Å². The van der Waals surface area contributed by atoms with Crippen molar-refractivity contribution in [3.8, 4) is 0 Å². The van der Waals surface area contributed by atoms with Gasteiger partial charge in [0.25, 0.3) is 0 Å². The van der Waals surface area contributed by atoms with Gasteiger partial charge < -0.3 is 0 Å². The zero-order valence-electron chi connectivity index (χ0n) is 11.1. The Balaban J connectivity index is 2.08. The highest BCUT2D eigenvalue weighted by molar-refractivity contribution is 5.38. The van der Waals surface area contributed by atoms with Gasteiger partial charge in [0.15, 0.2) is 0 Å². The van der Waals surface area contributed by atoms with Gasteiger partial charge in [0.05, 0.1) is 0 Å². The van der Waals surface area contributed by atoms with Crippen LogP contribution in [0.4, 0.5) is 0 Å². The third-order valence-electron chi connectivity index (χ3n) is 4.09. The smallest absolute Gasteiger partial charge is 0.0156 e. The Morgan fingerprint density at radius 3 is 2.75 bits per heavy atom. The summed E-state index contributed by atoms with van der Waals surface area (Å²) in [6.07, 6.45) is 4.08. The van der Waals surface area contributed by atoms with Gasteiger partial charge in [-0.15, -0.1) is 0 Å². The summed E-state index contributed by atoms with van der Waals surface area (Å²) in [5.74, 6) is 2.51. The topological polar surface area (TPSA) is 0 Å². The summed E-state index contributed by atoms with van der Waals surface area (Å²) in [7, 11) is 0. The average Bonchev–Trinajstić information content (AvgIpc) is 2.52. The van der Waals surface area contributed by atoms with Crippen LogP contribution in [0.25, 0.3) is 0 Å². The van der Waals surface area contributed by atoms with Crippen LogP contribution in [-0.2, 0) is 6.42 Å². The molecule has 0 heteroatoms. The molecule has 0 amide bonds. The van der Waals surface area contributed by atoms with Gasteiger partial charge in [0, 0.05) is 0 Å². The molecule has 0 bridgehead atoms. The normalized spacial score (nSPS) is 23.8. The first-order valence-corrected chi connectivity index (χ1v) is 6.67. The predicted molar refractivity (Wildman–Crippen MR) is 70.9 cm³/mol. The summed E-state index contributed by atoms with van der Waals surface area (Å²) in [6, 6.07) is 7.01. The molecule has 1 aliphatic carbocycles. The molecule has 0 nitrogen and oxygen atoms in total. The predicted octanol–water partition coefficient (Wildman–Crippen LogP) is 4.71. The maximum Gasteiger partial charge on any atom is -0.0156 e. The fourth-order valence-electron chi connectivity index (χ4n) is 2.97. The van der Waals surface area contributed by atoms with Crippen LogP contribution in [0.1, 0.15) is 56.2 Å². The van der Waals surface area contributed by atoms with Gasteiger partial charge in [0.2, 0.25) is 0 Å². The van der Waals surface area contributed by atoms with Crippen molar-refractivity contribution in [2.45, 2.75) is 52.9 Å². The Bertz CT molecular complexity index is 362. The van der Waals surface area contributed by atoms with Crippen LogP contribution in [0.15, 0.2) is 18.2 Å². The highest BCUT2D eigenvalue weighted by Gasteiger charge is 2.28. The molecule has 1 aliphatic rings. The van der Waals surface area contributed by atoms with E-state index in [1.807, 2.05) is 0 Å². The summed E-state index contributed by atoms with van der Waals surface area (Å²) in [5, 5.41) is 0. The van der Waals surface area contributed by atoms with Crippen molar-refractivity contribution >= 4 is 0 Å². The van der Waals surface area contributed by atoms with Crippen molar-refractivity contribution in [1.82, 2.24) is 0 Å². The lowest BCUT2D eigenvalue weighted by Gasteiger charge is -2.16. The zero-order valence-corrected chi connectivity index (χ0v) is 11.1. The third-order valence-corrected chi connectivity index (χ3v) is 4.09. The summed E-state index contributed by atoms with van der Waals surface area (Å²) >= 11 is 0. The van der Waals surface area contributed by atoms with Crippen molar-refractivity contribution in [3.63, 3.8) is 0 Å². The lowest BCUT2D eigenvalue weighted by atomic mass is 9.88. The van der Waals surface area contributed by atoms with Crippen LogP contribution in [0.3, 0.4) is 0 Å². The molecule has 0 heterocycles. The van der Waals surface area contributed by atoms with Gasteiger partial charge in [-0.3, -0.25) is 0 Å². The first kappa shape index (κ1) is 11.7. The Morgan fingerprint density at radius 1 is 1.31 bits per heavy atom. The minimum absolute atomic E-state index is 0.773. The summed E-state index contributed by atoms with van der Waals surface area (Å²) in [5.41, 5.74) is 4.64. The minimum atomic E-state index is 0.773. The number of fused-ring (bicyclic) bond motifs is 1. The lowest BCUT2D eigenvalue weighted by molar-refractivity contribution is 0.397. The van der Waals surface area contributed by atoms with E-state index in [9.17, 15) is 0 Å². The van der Waals surface area contributed by atoms with Gasteiger partial charge in [-0.1, -0.05) is 51.0 Å². The maximum absolute atomic E-state index is 2.41. The molecule has 2 atom stereocenters. The van der Waals surface area contributed by atoms with E-state index in [0.29, 0.717) is 0 Å². The molecule has 0 saturated heterocycles. The number of hydrogen-bond acceptors (Lipinski definition) is 0. The average molecular weight is 216 g/mol. The molecular weight excluding hydrogens is 192 g/mol. The van der Waals surface area contributed by atoms with Crippen molar-refractivity contribution in [3.05, 3.63) is 34.9 Å². The minimum Gasteiger partial charge on any atom is -0.0628 e. The van der Waals surface area contributed by atoms with Gasteiger partial charge in [-0.25, -0.2) is 0 Å². The fraction of sp³-hybridized carbons (Fsp3) is 0.625. The van der Waals surface area contributed by atoms with Gasteiger partial charge >= 0.3 is 0 Å². The first-order chi connectivity index (χ1) is 7.58. The van der Waals surface area contributed by atoms with Crippen LogP contribution in [0.2, 0.25) is 0 Å². The van der Waals surface area contributed by atoms with E-state index in [-0.39, 0.29) is 0 Å². The molecule has 88 valence electrons. The first-order valence-electron chi connectivity index (χ1n) is 6.67. The molecule has 2 unspecified atom stereocenters. The Kier molecular flexibility index (Phi) is 3.37. The quantitative estimate of drug-likeness (QED) is 0.686. The van der Waals surface area contributed by atoms with Gasteiger partial charge in [0.1, 0.15) is 0 Å². The Morgan fingerprint density at radius 2 is 2.06 bits per heavy atom. The highest BCUT2D eigenvalue weighted by atomic mass is 14.3. The second-order valence-corrected chi connectivity index (χ2v) is 5.93. The van der Waals surface area contributed by atoms with E-state index >= 15 is 0 Å². The Hall–Kier alpha value is -0.780. The van der Waals surface area contributed by atoms with Crippen molar-refractivity contribution in [2.24, 2.45) is 11.8 Å². The SMILES string of the molecule is Cc1ccc2c(c1)CC(CCC(C)C)C2C. The molecule has 1 aromatic carbocycles. The monoisotopic (exact) mass is 216 g/mol. The molecule has 0 spiro atoms. The number of rotatable bonds is 3. The molecule has 16 heavy (non-hydrogen) atoms. The molecule has 2 rings (SSSR count). The lowest BCUT2D eigenvalue weighted by Crippen LogP contribution is -2.05. The molecule has 0 saturated carbocycles. The zero-order chi connectivity index (χ0) is 11.7. The molecule has 0 aromatic heterocycles. The van der Waals surface area contributed by atoms with Crippen molar-refractivity contribution in [1.29, 1.82) is 0 Å². The van der Waals surface area contributed by atoms with Gasteiger partial charge in [-0.05, 0) is 48.6 Å². The summed E-state index contributed by atoms with van der Waals surface area (Å²) in [4.78, 5) is 0. The largest absolute Gasteiger partial charge is 0.0628 e. The standard InChI is InChI=1S/C16H24/c1-11(2)5-7-14-10-15-9-12(3)6-8-16(15)13(14)4/h6,8-9,11,13-14H,5,7,10H2,1-4H3. The van der Waals surface area contributed by atoms with Crippen LogP contribution in [0.5, 0.6) is 0 Å². The molecule has 0 fully saturated rings. The van der Waals surface area contributed by atoms with Crippen LogP contribution in [0, 0.1) is 18.8 Å². The third kappa shape index (κ3) is 2.31. The van der Waals surface area contributed by atoms with Crippen LogP contribution < -0.4 is 0 Å². The van der Waals surface area contributed by atoms with Crippen molar-refractivity contribution in [2.75, 3.05) is 0 Å². The number of aryl methyl sites for hydroxylation is 1. The maximum atomic E-state index is 2.41. The second kappa shape index (κ2) is 4.61. The van der Waals surface area contributed by atoms with E-state index in [4.69, 9.17) is 0 Å². The molecule has 0 N–H and O–H groups in total. The molecule has 0 radical (unpaired) electrons. The van der Waals surface area contributed by atoms with E-state index in [2.05, 4.69) is 45.9 Å². The van der Waals surface area contributed by atoms with Crippen molar-refractivity contribution < 1.29 is 0 Å². The fourth-order valence-corrected chi connectivity index (χ4v) is 2.97. The van der Waals surface area contributed by atoms with Gasteiger partial charge in [-0.2, -0.15) is 0 Å². The molecule has 0 aliphatic heterocycles. The van der Waals surface area contributed by atoms with E-state index in [0.717, 1.165) is 17.8 Å². The van der Waals surface area contributed by atoms with E-state index in [1.165, 1.54) is 24.8 Å². The molecular formula is C16H24. The highest BCUT2D eigenvalue weighted by Crippen LogP contribution is 2.40.